The molecular formula is C14H18BrFN2O. The Balaban J connectivity index is 2.12. The van der Waals surface area contributed by atoms with Crippen molar-refractivity contribution in [2.45, 2.75) is 12.8 Å². The third-order valence-corrected chi connectivity index (χ3v) is 4.09. The van der Waals surface area contributed by atoms with Crippen molar-refractivity contribution in [3.8, 4) is 0 Å². The van der Waals surface area contributed by atoms with E-state index in [4.69, 9.17) is 0 Å². The van der Waals surface area contributed by atoms with Gasteiger partial charge in [-0.3, -0.25) is 4.79 Å². The highest BCUT2D eigenvalue weighted by molar-refractivity contribution is 9.10. The summed E-state index contributed by atoms with van der Waals surface area (Å²) in [5.41, 5.74) is 0.152. The van der Waals surface area contributed by atoms with Gasteiger partial charge in [0, 0.05) is 13.1 Å². The predicted octanol–water partition coefficient (Wildman–Crippen LogP) is 2.66. The first-order chi connectivity index (χ1) is 9.13. The third kappa shape index (κ3) is 3.34. The minimum absolute atomic E-state index is 0.152. The number of piperidine rings is 1. The lowest BCUT2D eigenvalue weighted by Gasteiger charge is -2.32. The number of nitrogens with zero attached hydrogens (tertiary/aromatic N) is 1. The van der Waals surface area contributed by atoms with E-state index in [1.54, 1.807) is 23.1 Å². The molecule has 0 bridgehead atoms. The maximum Gasteiger partial charge on any atom is 0.256 e. The Kier molecular flexibility index (Phi) is 4.93. The molecule has 19 heavy (non-hydrogen) atoms. The summed E-state index contributed by atoms with van der Waals surface area (Å²) in [7, 11) is 1.91. The summed E-state index contributed by atoms with van der Waals surface area (Å²) in [5, 5.41) is 3.14. The fourth-order valence-corrected chi connectivity index (χ4v) is 2.91. The summed E-state index contributed by atoms with van der Waals surface area (Å²) in [4.78, 5) is 14.1. The second-order valence-electron chi connectivity index (χ2n) is 4.92. The van der Waals surface area contributed by atoms with Crippen molar-refractivity contribution in [1.82, 2.24) is 10.2 Å². The first-order valence-corrected chi connectivity index (χ1v) is 7.30. The molecule has 1 fully saturated rings. The van der Waals surface area contributed by atoms with Gasteiger partial charge in [0.15, 0.2) is 0 Å². The maximum absolute atomic E-state index is 13.9. The number of benzene rings is 1. The van der Waals surface area contributed by atoms with Gasteiger partial charge in [0.05, 0.1) is 10.0 Å². The van der Waals surface area contributed by atoms with Crippen molar-refractivity contribution in [1.29, 1.82) is 0 Å². The van der Waals surface area contributed by atoms with E-state index in [0.29, 0.717) is 23.5 Å². The number of carbonyl (C=O) groups excluding carboxylic acids is 1. The van der Waals surface area contributed by atoms with Gasteiger partial charge in [-0.25, -0.2) is 4.39 Å². The van der Waals surface area contributed by atoms with Gasteiger partial charge < -0.3 is 10.2 Å². The highest BCUT2D eigenvalue weighted by Crippen LogP contribution is 2.22. The van der Waals surface area contributed by atoms with Gasteiger partial charge in [-0.2, -0.15) is 0 Å². The van der Waals surface area contributed by atoms with E-state index in [-0.39, 0.29) is 11.5 Å². The summed E-state index contributed by atoms with van der Waals surface area (Å²) >= 11 is 3.12. The van der Waals surface area contributed by atoms with E-state index < -0.39 is 5.82 Å². The second-order valence-corrected chi connectivity index (χ2v) is 5.77. The molecule has 1 aliphatic rings. The number of carbonyl (C=O) groups is 1. The van der Waals surface area contributed by atoms with Crippen LogP contribution in [0.1, 0.15) is 23.2 Å². The summed E-state index contributed by atoms with van der Waals surface area (Å²) in [5.74, 6) is -0.222. The Morgan fingerprint density at radius 3 is 3.11 bits per heavy atom. The number of halogens is 2. The van der Waals surface area contributed by atoms with Gasteiger partial charge in [-0.15, -0.1) is 0 Å². The minimum atomic E-state index is -0.469. The minimum Gasteiger partial charge on any atom is -0.338 e. The topological polar surface area (TPSA) is 32.3 Å². The molecule has 1 N–H and O–H groups in total. The van der Waals surface area contributed by atoms with Crippen LogP contribution in [-0.2, 0) is 0 Å². The Morgan fingerprint density at radius 2 is 2.37 bits per heavy atom. The average Bonchev–Trinajstić information content (AvgIpc) is 2.42. The van der Waals surface area contributed by atoms with Crippen LogP contribution < -0.4 is 5.32 Å². The third-order valence-electron chi connectivity index (χ3n) is 3.48. The summed E-state index contributed by atoms with van der Waals surface area (Å²) in [6, 6.07) is 4.84. The highest BCUT2D eigenvalue weighted by atomic mass is 79.9. The van der Waals surface area contributed by atoms with Crippen LogP contribution in [0.3, 0.4) is 0 Å². The number of likely N-dealkylation sites (tertiary alicyclic amines) is 1. The van der Waals surface area contributed by atoms with Crippen molar-refractivity contribution in [2.75, 3.05) is 26.7 Å². The van der Waals surface area contributed by atoms with Crippen LogP contribution in [0.2, 0.25) is 0 Å². The van der Waals surface area contributed by atoms with Gasteiger partial charge in [0.25, 0.3) is 5.91 Å². The lowest BCUT2D eigenvalue weighted by molar-refractivity contribution is 0.0669. The number of hydrogen-bond acceptors (Lipinski definition) is 2. The molecule has 0 radical (unpaired) electrons. The quantitative estimate of drug-likeness (QED) is 0.925. The van der Waals surface area contributed by atoms with Crippen LogP contribution in [0.15, 0.2) is 22.7 Å². The Hall–Kier alpha value is -0.940. The Bertz CT molecular complexity index is 465. The zero-order valence-electron chi connectivity index (χ0n) is 11.0. The number of rotatable bonds is 3. The van der Waals surface area contributed by atoms with E-state index in [9.17, 15) is 9.18 Å². The SMILES string of the molecule is CNCC1CCCN(C(=O)c2cccc(Br)c2F)C1. The molecule has 2 rings (SSSR count). The van der Waals surface area contributed by atoms with Crippen LogP contribution in [0.4, 0.5) is 4.39 Å². The largest absolute Gasteiger partial charge is 0.338 e. The summed E-state index contributed by atoms with van der Waals surface area (Å²) in [6.07, 6.45) is 2.10. The molecule has 104 valence electrons. The maximum atomic E-state index is 13.9. The van der Waals surface area contributed by atoms with Crippen LogP contribution in [0.5, 0.6) is 0 Å². The molecule has 1 aromatic carbocycles. The van der Waals surface area contributed by atoms with Crippen molar-refractivity contribution < 1.29 is 9.18 Å². The molecule has 5 heteroatoms. The predicted molar refractivity (Wildman–Crippen MR) is 76.7 cm³/mol. The second kappa shape index (κ2) is 6.48. The van der Waals surface area contributed by atoms with Crippen LogP contribution in [-0.4, -0.2) is 37.5 Å². The van der Waals surface area contributed by atoms with E-state index in [0.717, 1.165) is 19.4 Å². The fraction of sp³-hybridized carbons (Fsp3) is 0.500. The molecule has 0 aliphatic carbocycles. The smallest absolute Gasteiger partial charge is 0.256 e. The zero-order valence-corrected chi connectivity index (χ0v) is 12.5. The standard InChI is InChI=1S/C14H18BrFN2O/c1-17-8-10-4-3-7-18(9-10)14(19)11-5-2-6-12(15)13(11)16/h2,5-6,10,17H,3-4,7-9H2,1H3. The molecule has 0 aromatic heterocycles. The van der Waals surface area contributed by atoms with Crippen molar-refractivity contribution >= 4 is 21.8 Å². The lowest BCUT2D eigenvalue weighted by Crippen LogP contribution is -2.42. The highest BCUT2D eigenvalue weighted by Gasteiger charge is 2.26. The first kappa shape index (κ1) is 14.5. The summed E-state index contributed by atoms with van der Waals surface area (Å²) in [6.45, 7) is 2.31. The lowest BCUT2D eigenvalue weighted by atomic mass is 9.97. The van der Waals surface area contributed by atoms with Crippen molar-refractivity contribution in [3.63, 3.8) is 0 Å². The monoisotopic (exact) mass is 328 g/mol. The number of amides is 1. The fourth-order valence-electron chi connectivity index (χ4n) is 2.54. The molecule has 1 unspecified atom stereocenters. The Morgan fingerprint density at radius 1 is 1.58 bits per heavy atom. The number of nitrogens with one attached hydrogen (secondary N) is 1. The van der Waals surface area contributed by atoms with E-state index in [1.165, 1.54) is 0 Å². The van der Waals surface area contributed by atoms with E-state index in [2.05, 4.69) is 21.2 Å². The molecular weight excluding hydrogens is 311 g/mol. The van der Waals surface area contributed by atoms with Crippen LogP contribution in [0.25, 0.3) is 0 Å². The molecule has 1 saturated heterocycles. The van der Waals surface area contributed by atoms with Gasteiger partial charge in [-0.1, -0.05) is 6.07 Å². The van der Waals surface area contributed by atoms with Crippen LogP contribution in [0, 0.1) is 11.7 Å². The molecule has 1 aliphatic heterocycles. The van der Waals surface area contributed by atoms with Crippen molar-refractivity contribution in [3.05, 3.63) is 34.1 Å². The number of hydrogen-bond donors (Lipinski definition) is 1. The molecule has 1 atom stereocenters. The zero-order chi connectivity index (χ0) is 13.8. The normalized spacial score (nSPS) is 19.5. The van der Waals surface area contributed by atoms with Gasteiger partial charge in [-0.05, 0) is 60.4 Å². The molecule has 1 aromatic rings. The van der Waals surface area contributed by atoms with Gasteiger partial charge >= 0.3 is 0 Å². The van der Waals surface area contributed by atoms with Crippen molar-refractivity contribution in [2.24, 2.45) is 5.92 Å². The van der Waals surface area contributed by atoms with E-state index >= 15 is 0 Å². The summed E-state index contributed by atoms with van der Waals surface area (Å²) < 4.78 is 14.3. The van der Waals surface area contributed by atoms with Crippen LogP contribution >= 0.6 is 15.9 Å². The van der Waals surface area contributed by atoms with Gasteiger partial charge in [0.2, 0.25) is 0 Å². The first-order valence-electron chi connectivity index (χ1n) is 6.51. The molecule has 1 amide bonds. The molecule has 0 saturated carbocycles. The molecule has 3 nitrogen and oxygen atoms in total. The van der Waals surface area contributed by atoms with E-state index in [1.807, 2.05) is 7.05 Å². The molecule has 1 heterocycles. The average molecular weight is 329 g/mol. The molecule has 0 spiro atoms. The Labute approximate surface area is 121 Å². The van der Waals surface area contributed by atoms with Gasteiger partial charge in [0.1, 0.15) is 5.82 Å².